The minimum Gasteiger partial charge on any atom is -0.392 e. The standard InChI is InChI=1S/C27H48O2/c1-5-6-7-9-17-27(4,29)23-22-19-13-11-15-25(19,2)18-14-20(22)26(3)16-10-8-12-21(26)24(23)28/h19-24,28-29H,5-18H2,1-4H3/t19?,20?,21?,22?,23?,24?,25?,26?,27-/m0/s1. The summed E-state index contributed by atoms with van der Waals surface area (Å²) in [7, 11) is 0. The predicted octanol–water partition coefficient (Wildman–Crippen LogP) is 6.73. The second kappa shape index (κ2) is 8.12. The summed E-state index contributed by atoms with van der Waals surface area (Å²) in [5, 5.41) is 23.7. The van der Waals surface area contributed by atoms with Gasteiger partial charge in [-0.1, -0.05) is 65.7 Å². The van der Waals surface area contributed by atoms with Crippen LogP contribution in [-0.2, 0) is 0 Å². The Kier molecular flexibility index (Phi) is 6.19. The molecule has 0 heterocycles. The lowest BCUT2D eigenvalue weighted by atomic mass is 9.40. The zero-order valence-corrected chi connectivity index (χ0v) is 19.8. The van der Waals surface area contributed by atoms with E-state index in [4.69, 9.17) is 0 Å². The second-order valence-electron chi connectivity index (χ2n) is 12.4. The van der Waals surface area contributed by atoms with Gasteiger partial charge in [-0.15, -0.1) is 0 Å². The molecule has 9 atom stereocenters. The number of hydrogen-bond acceptors (Lipinski definition) is 2. The third kappa shape index (κ3) is 3.63. The third-order valence-corrected chi connectivity index (χ3v) is 10.7. The monoisotopic (exact) mass is 404 g/mol. The zero-order chi connectivity index (χ0) is 20.9. The molecule has 4 aliphatic rings. The molecule has 2 nitrogen and oxygen atoms in total. The van der Waals surface area contributed by atoms with Gasteiger partial charge in [-0.25, -0.2) is 0 Å². The van der Waals surface area contributed by atoms with Crippen molar-refractivity contribution in [3.63, 3.8) is 0 Å². The van der Waals surface area contributed by atoms with Crippen LogP contribution in [0.5, 0.6) is 0 Å². The molecule has 4 fully saturated rings. The van der Waals surface area contributed by atoms with E-state index < -0.39 is 5.60 Å². The number of aliphatic hydroxyl groups excluding tert-OH is 1. The van der Waals surface area contributed by atoms with Gasteiger partial charge in [0, 0.05) is 5.92 Å². The van der Waals surface area contributed by atoms with Gasteiger partial charge < -0.3 is 10.2 Å². The van der Waals surface area contributed by atoms with Gasteiger partial charge in [0.1, 0.15) is 0 Å². The van der Waals surface area contributed by atoms with E-state index in [0.717, 1.165) is 12.8 Å². The summed E-state index contributed by atoms with van der Waals surface area (Å²) in [5.74, 6) is 2.41. The number of unbranched alkanes of at least 4 members (excludes halogenated alkanes) is 3. The Labute approximate surface area is 180 Å². The highest BCUT2D eigenvalue weighted by Crippen LogP contribution is 2.68. The van der Waals surface area contributed by atoms with Crippen molar-refractivity contribution in [2.45, 2.75) is 129 Å². The Morgan fingerprint density at radius 1 is 0.862 bits per heavy atom. The Balaban J connectivity index is 1.68. The molecule has 0 aromatic rings. The average molecular weight is 405 g/mol. The Morgan fingerprint density at radius 3 is 2.38 bits per heavy atom. The van der Waals surface area contributed by atoms with Crippen molar-refractivity contribution >= 4 is 0 Å². The number of fused-ring (bicyclic) bond motifs is 5. The summed E-state index contributed by atoms with van der Waals surface area (Å²) >= 11 is 0. The lowest BCUT2D eigenvalue weighted by molar-refractivity contribution is -0.230. The summed E-state index contributed by atoms with van der Waals surface area (Å²) in [5.41, 5.74) is 0.0199. The molecule has 4 saturated carbocycles. The van der Waals surface area contributed by atoms with Crippen molar-refractivity contribution in [2.75, 3.05) is 0 Å². The zero-order valence-electron chi connectivity index (χ0n) is 19.8. The Bertz CT molecular complexity index is 571. The highest BCUT2D eigenvalue weighted by atomic mass is 16.3. The van der Waals surface area contributed by atoms with Crippen molar-refractivity contribution in [1.29, 1.82) is 0 Å². The first-order chi connectivity index (χ1) is 13.7. The van der Waals surface area contributed by atoms with E-state index in [0.29, 0.717) is 34.5 Å². The van der Waals surface area contributed by atoms with Gasteiger partial charge >= 0.3 is 0 Å². The largest absolute Gasteiger partial charge is 0.392 e. The number of hydrogen-bond donors (Lipinski definition) is 2. The van der Waals surface area contributed by atoms with Crippen molar-refractivity contribution in [3.05, 3.63) is 0 Å². The first-order valence-electron chi connectivity index (χ1n) is 13.1. The lowest BCUT2D eigenvalue weighted by Gasteiger charge is -2.65. The molecule has 29 heavy (non-hydrogen) atoms. The normalized spacial score (nSPS) is 49.0. The maximum atomic E-state index is 11.9. The van der Waals surface area contributed by atoms with E-state index >= 15 is 0 Å². The van der Waals surface area contributed by atoms with Crippen LogP contribution in [0.4, 0.5) is 0 Å². The Hall–Kier alpha value is -0.0800. The molecule has 0 aromatic heterocycles. The average Bonchev–Trinajstić information content (AvgIpc) is 3.07. The second-order valence-corrected chi connectivity index (χ2v) is 12.4. The number of rotatable bonds is 6. The van der Waals surface area contributed by atoms with E-state index in [2.05, 4.69) is 27.7 Å². The molecule has 0 radical (unpaired) electrons. The molecular weight excluding hydrogens is 356 g/mol. The van der Waals surface area contributed by atoms with Crippen LogP contribution in [0.25, 0.3) is 0 Å². The van der Waals surface area contributed by atoms with Gasteiger partial charge in [-0.2, -0.15) is 0 Å². The van der Waals surface area contributed by atoms with Gasteiger partial charge in [-0.05, 0) is 86.4 Å². The SMILES string of the molecule is CCCCCC[C@](C)(O)C1C(O)C2CCCCC2(C)C2CCC3(C)CCCC3C21. The molecule has 0 saturated heterocycles. The van der Waals surface area contributed by atoms with E-state index in [1.807, 2.05) is 0 Å². The smallest absolute Gasteiger partial charge is 0.0675 e. The van der Waals surface area contributed by atoms with Gasteiger partial charge in [0.05, 0.1) is 11.7 Å². The summed E-state index contributed by atoms with van der Waals surface area (Å²) in [6, 6.07) is 0. The molecule has 4 aliphatic carbocycles. The molecule has 0 spiro atoms. The fourth-order valence-corrected chi connectivity index (χ4v) is 9.20. The maximum absolute atomic E-state index is 11.9. The molecule has 0 aliphatic heterocycles. The van der Waals surface area contributed by atoms with E-state index in [9.17, 15) is 10.2 Å². The van der Waals surface area contributed by atoms with Gasteiger partial charge in [-0.3, -0.25) is 0 Å². The van der Waals surface area contributed by atoms with Crippen molar-refractivity contribution in [3.8, 4) is 0 Å². The molecule has 0 bridgehead atoms. The molecule has 4 rings (SSSR count). The van der Waals surface area contributed by atoms with Crippen LogP contribution in [-0.4, -0.2) is 21.9 Å². The quantitative estimate of drug-likeness (QED) is 0.482. The molecule has 0 amide bonds. The molecular formula is C27H48O2. The van der Waals surface area contributed by atoms with E-state index in [-0.39, 0.29) is 12.0 Å². The molecule has 2 N–H and O–H groups in total. The van der Waals surface area contributed by atoms with Crippen molar-refractivity contribution in [1.82, 2.24) is 0 Å². The van der Waals surface area contributed by atoms with E-state index in [1.54, 1.807) is 0 Å². The predicted molar refractivity (Wildman–Crippen MR) is 121 cm³/mol. The maximum Gasteiger partial charge on any atom is 0.0675 e. The lowest BCUT2D eigenvalue weighted by Crippen LogP contribution is -2.65. The van der Waals surface area contributed by atoms with Crippen LogP contribution in [0, 0.1) is 40.4 Å². The van der Waals surface area contributed by atoms with Crippen LogP contribution in [0.2, 0.25) is 0 Å². The fraction of sp³-hybridized carbons (Fsp3) is 1.00. The summed E-state index contributed by atoms with van der Waals surface area (Å²) in [6.45, 7) is 9.41. The summed E-state index contributed by atoms with van der Waals surface area (Å²) in [4.78, 5) is 0. The van der Waals surface area contributed by atoms with Crippen molar-refractivity contribution < 1.29 is 10.2 Å². The molecule has 168 valence electrons. The molecule has 8 unspecified atom stereocenters. The summed E-state index contributed by atoms with van der Waals surface area (Å²) in [6.07, 6.45) is 17.2. The van der Waals surface area contributed by atoms with Crippen LogP contribution in [0.1, 0.15) is 118 Å². The topological polar surface area (TPSA) is 40.5 Å². The molecule has 0 aromatic carbocycles. The third-order valence-electron chi connectivity index (χ3n) is 10.7. The van der Waals surface area contributed by atoms with Gasteiger partial charge in [0.15, 0.2) is 0 Å². The van der Waals surface area contributed by atoms with Gasteiger partial charge in [0.2, 0.25) is 0 Å². The highest BCUT2D eigenvalue weighted by Gasteiger charge is 2.65. The van der Waals surface area contributed by atoms with Gasteiger partial charge in [0.25, 0.3) is 0 Å². The van der Waals surface area contributed by atoms with Crippen molar-refractivity contribution in [2.24, 2.45) is 40.4 Å². The number of aliphatic hydroxyl groups is 2. The van der Waals surface area contributed by atoms with Crippen LogP contribution >= 0.6 is 0 Å². The Morgan fingerprint density at radius 2 is 1.62 bits per heavy atom. The fourth-order valence-electron chi connectivity index (χ4n) is 9.20. The summed E-state index contributed by atoms with van der Waals surface area (Å²) < 4.78 is 0. The molecule has 2 heteroatoms. The first-order valence-corrected chi connectivity index (χ1v) is 13.1. The van der Waals surface area contributed by atoms with E-state index in [1.165, 1.54) is 77.0 Å². The minimum absolute atomic E-state index is 0.0769. The minimum atomic E-state index is -0.726. The highest BCUT2D eigenvalue weighted by molar-refractivity contribution is 5.14. The van der Waals surface area contributed by atoms with Crippen LogP contribution < -0.4 is 0 Å². The van der Waals surface area contributed by atoms with Crippen LogP contribution in [0.15, 0.2) is 0 Å². The van der Waals surface area contributed by atoms with Crippen LogP contribution in [0.3, 0.4) is 0 Å². The first kappa shape index (κ1) is 22.1.